The van der Waals surface area contributed by atoms with Gasteiger partial charge in [-0.1, -0.05) is 19.1 Å². The molecule has 1 aromatic carbocycles. The molecule has 1 fully saturated rings. The van der Waals surface area contributed by atoms with Crippen molar-refractivity contribution in [2.24, 2.45) is 11.7 Å². The zero-order valence-corrected chi connectivity index (χ0v) is 10.1. The van der Waals surface area contributed by atoms with E-state index in [0.717, 1.165) is 12.5 Å². The fraction of sp³-hybridized carbons (Fsp3) is 0.538. The number of hydrogen-bond acceptors (Lipinski definition) is 2. The molecule has 1 saturated carbocycles. The first-order chi connectivity index (χ1) is 7.29. The molecule has 2 heteroatoms. The molecule has 0 bridgehead atoms. The maximum atomic E-state index is 5.64. The van der Waals surface area contributed by atoms with Crippen LogP contribution in [0, 0.1) is 5.92 Å². The average molecular weight is 221 g/mol. The monoisotopic (exact) mass is 221 g/mol. The van der Waals surface area contributed by atoms with Gasteiger partial charge in [0.1, 0.15) is 0 Å². The molecule has 2 N–H and O–H groups in total. The summed E-state index contributed by atoms with van der Waals surface area (Å²) < 4.78 is 0. The van der Waals surface area contributed by atoms with Crippen molar-refractivity contribution in [3.05, 3.63) is 29.8 Å². The van der Waals surface area contributed by atoms with Gasteiger partial charge < -0.3 is 5.73 Å². The first-order valence-corrected chi connectivity index (χ1v) is 6.71. The maximum absolute atomic E-state index is 5.64. The second-order valence-corrected chi connectivity index (χ2v) is 5.55. The lowest BCUT2D eigenvalue weighted by molar-refractivity contribution is 0.773. The van der Waals surface area contributed by atoms with Crippen LogP contribution in [0.5, 0.6) is 0 Å². The highest BCUT2D eigenvalue weighted by Crippen LogP contribution is 2.35. The highest BCUT2D eigenvalue weighted by molar-refractivity contribution is 7.99. The molecule has 1 unspecified atom stereocenters. The van der Waals surface area contributed by atoms with Crippen molar-refractivity contribution in [2.75, 3.05) is 12.3 Å². The lowest BCUT2D eigenvalue weighted by Gasteiger charge is -2.09. The molecule has 0 aliphatic heterocycles. The van der Waals surface area contributed by atoms with Crippen molar-refractivity contribution in [1.29, 1.82) is 0 Å². The SMILES string of the molecule is CC(CN)c1ccc(SCC2CC2)cc1. The van der Waals surface area contributed by atoms with Crippen LogP contribution < -0.4 is 5.73 Å². The van der Waals surface area contributed by atoms with E-state index in [4.69, 9.17) is 5.73 Å². The van der Waals surface area contributed by atoms with Crippen molar-refractivity contribution >= 4 is 11.8 Å². The van der Waals surface area contributed by atoms with Crippen LogP contribution >= 0.6 is 11.8 Å². The van der Waals surface area contributed by atoms with Gasteiger partial charge in [-0.25, -0.2) is 0 Å². The van der Waals surface area contributed by atoms with E-state index in [2.05, 4.69) is 31.2 Å². The van der Waals surface area contributed by atoms with Crippen LogP contribution in [0.2, 0.25) is 0 Å². The summed E-state index contributed by atoms with van der Waals surface area (Å²) in [6.07, 6.45) is 2.88. The third kappa shape index (κ3) is 3.25. The topological polar surface area (TPSA) is 26.0 Å². The fourth-order valence-electron chi connectivity index (χ4n) is 1.53. The molecule has 0 amide bonds. The Bertz CT molecular complexity index is 303. The first-order valence-electron chi connectivity index (χ1n) is 5.72. The van der Waals surface area contributed by atoms with E-state index in [1.807, 2.05) is 11.8 Å². The molecule has 1 aliphatic carbocycles. The van der Waals surface area contributed by atoms with E-state index in [9.17, 15) is 0 Å². The Kier molecular flexibility index (Phi) is 3.71. The lowest BCUT2D eigenvalue weighted by Crippen LogP contribution is -2.08. The Balaban J connectivity index is 1.90. The molecule has 2 rings (SSSR count). The van der Waals surface area contributed by atoms with Crippen LogP contribution in [0.4, 0.5) is 0 Å². The highest BCUT2D eigenvalue weighted by atomic mass is 32.2. The summed E-state index contributed by atoms with van der Waals surface area (Å²) in [5.41, 5.74) is 7.00. The smallest absolute Gasteiger partial charge is 0.00722 e. The van der Waals surface area contributed by atoms with Gasteiger partial charge in [-0.3, -0.25) is 0 Å². The van der Waals surface area contributed by atoms with Crippen LogP contribution in [-0.2, 0) is 0 Å². The van der Waals surface area contributed by atoms with Gasteiger partial charge in [-0.05, 0) is 48.9 Å². The summed E-state index contributed by atoms with van der Waals surface area (Å²) in [5, 5.41) is 0. The van der Waals surface area contributed by atoms with Crippen LogP contribution in [-0.4, -0.2) is 12.3 Å². The molecular weight excluding hydrogens is 202 g/mol. The molecule has 82 valence electrons. The molecule has 1 aliphatic rings. The van der Waals surface area contributed by atoms with Crippen molar-refractivity contribution in [1.82, 2.24) is 0 Å². The molecule has 1 aromatic rings. The summed E-state index contributed by atoms with van der Waals surface area (Å²) >= 11 is 1.99. The predicted molar refractivity (Wildman–Crippen MR) is 67.4 cm³/mol. The minimum atomic E-state index is 0.479. The third-order valence-electron chi connectivity index (χ3n) is 2.99. The third-order valence-corrected chi connectivity index (χ3v) is 4.23. The minimum Gasteiger partial charge on any atom is -0.330 e. The van der Waals surface area contributed by atoms with Gasteiger partial charge in [0.15, 0.2) is 0 Å². The standard InChI is InChI=1S/C13H19NS/c1-10(8-14)12-4-6-13(7-5-12)15-9-11-2-3-11/h4-7,10-11H,2-3,8-9,14H2,1H3. The van der Waals surface area contributed by atoms with Crippen LogP contribution in [0.3, 0.4) is 0 Å². The van der Waals surface area contributed by atoms with Crippen molar-refractivity contribution < 1.29 is 0 Å². The second kappa shape index (κ2) is 5.04. The number of thioether (sulfide) groups is 1. The highest BCUT2D eigenvalue weighted by Gasteiger charge is 2.20. The van der Waals surface area contributed by atoms with E-state index in [0.29, 0.717) is 5.92 Å². The minimum absolute atomic E-state index is 0.479. The molecule has 15 heavy (non-hydrogen) atoms. The van der Waals surface area contributed by atoms with E-state index in [1.54, 1.807) is 0 Å². The maximum Gasteiger partial charge on any atom is 0.00722 e. The number of benzene rings is 1. The molecule has 1 nitrogen and oxygen atoms in total. The Morgan fingerprint density at radius 2 is 2.00 bits per heavy atom. The second-order valence-electron chi connectivity index (χ2n) is 4.46. The van der Waals surface area contributed by atoms with Gasteiger partial charge in [0.25, 0.3) is 0 Å². The van der Waals surface area contributed by atoms with Crippen molar-refractivity contribution in [3.8, 4) is 0 Å². The Hall–Kier alpha value is -0.470. The quantitative estimate of drug-likeness (QED) is 0.772. The summed E-state index contributed by atoms with van der Waals surface area (Å²) in [6.45, 7) is 2.90. The summed E-state index contributed by atoms with van der Waals surface area (Å²) in [5.74, 6) is 2.77. The van der Waals surface area contributed by atoms with Gasteiger partial charge in [0, 0.05) is 10.6 Å². The fourth-order valence-corrected chi connectivity index (χ4v) is 2.62. The van der Waals surface area contributed by atoms with E-state index >= 15 is 0 Å². The zero-order chi connectivity index (χ0) is 10.7. The Morgan fingerprint density at radius 1 is 1.33 bits per heavy atom. The van der Waals surface area contributed by atoms with E-state index < -0.39 is 0 Å². The van der Waals surface area contributed by atoms with E-state index in [1.165, 1.54) is 29.1 Å². The first kappa shape index (κ1) is 11.0. The van der Waals surface area contributed by atoms with Gasteiger partial charge in [-0.15, -0.1) is 11.8 Å². The molecule has 0 aromatic heterocycles. The van der Waals surface area contributed by atoms with Crippen molar-refractivity contribution in [2.45, 2.75) is 30.6 Å². The summed E-state index contributed by atoms with van der Waals surface area (Å²) in [6, 6.07) is 8.89. The van der Waals surface area contributed by atoms with Gasteiger partial charge in [0.05, 0.1) is 0 Å². The normalized spacial score (nSPS) is 17.7. The Morgan fingerprint density at radius 3 is 2.53 bits per heavy atom. The van der Waals surface area contributed by atoms with Gasteiger partial charge in [-0.2, -0.15) is 0 Å². The predicted octanol–water partition coefficient (Wildman–Crippen LogP) is 3.25. The number of rotatable bonds is 5. The summed E-state index contributed by atoms with van der Waals surface area (Å²) in [7, 11) is 0. The van der Waals surface area contributed by atoms with Gasteiger partial charge >= 0.3 is 0 Å². The van der Waals surface area contributed by atoms with Crippen LogP contribution in [0.1, 0.15) is 31.2 Å². The average Bonchev–Trinajstić information content (AvgIpc) is 3.10. The zero-order valence-electron chi connectivity index (χ0n) is 9.28. The molecule has 0 radical (unpaired) electrons. The number of hydrogen-bond donors (Lipinski definition) is 1. The Labute approximate surface area is 96.4 Å². The number of nitrogens with two attached hydrogens (primary N) is 1. The van der Waals surface area contributed by atoms with E-state index in [-0.39, 0.29) is 0 Å². The molecular formula is C13H19NS. The molecule has 1 atom stereocenters. The molecule has 0 saturated heterocycles. The van der Waals surface area contributed by atoms with Gasteiger partial charge in [0.2, 0.25) is 0 Å². The lowest BCUT2D eigenvalue weighted by atomic mass is 10.0. The van der Waals surface area contributed by atoms with Crippen LogP contribution in [0.25, 0.3) is 0 Å². The largest absolute Gasteiger partial charge is 0.330 e. The summed E-state index contributed by atoms with van der Waals surface area (Å²) in [4.78, 5) is 1.40. The molecule has 0 heterocycles. The van der Waals surface area contributed by atoms with Crippen LogP contribution in [0.15, 0.2) is 29.2 Å². The molecule has 0 spiro atoms. The van der Waals surface area contributed by atoms with Crippen molar-refractivity contribution in [3.63, 3.8) is 0 Å².